The number of nitrogens with zero attached hydrogens (tertiary/aromatic N) is 2. The fraction of sp³-hybridized carbons (Fsp3) is 0.467. The highest BCUT2D eigenvalue weighted by atomic mass is 16.5. The van der Waals surface area contributed by atoms with Gasteiger partial charge >= 0.3 is 5.69 Å². The Morgan fingerprint density at radius 1 is 1.29 bits per heavy atom. The molecule has 1 saturated carbocycles. The summed E-state index contributed by atoms with van der Waals surface area (Å²) in [5.74, 6) is 0.539. The molecule has 0 atom stereocenters. The van der Waals surface area contributed by atoms with Crippen LogP contribution in [0.2, 0.25) is 0 Å². The number of benzene rings is 1. The summed E-state index contributed by atoms with van der Waals surface area (Å²) in [5, 5.41) is 0.492. The third kappa shape index (κ3) is 2.58. The number of anilines is 1. The molecule has 0 amide bonds. The molecule has 1 aromatic carbocycles. The molecule has 0 aliphatic heterocycles. The lowest BCUT2D eigenvalue weighted by Gasteiger charge is -2.14. The first-order chi connectivity index (χ1) is 10.1. The topological polar surface area (TPSA) is 79.2 Å². The highest BCUT2D eigenvalue weighted by Gasteiger charge is 2.24. The average molecular weight is 289 g/mol. The minimum absolute atomic E-state index is 0.254. The number of hydrogen-bond acceptors (Lipinski definition) is 4. The average Bonchev–Trinajstić information content (AvgIpc) is 3.28. The van der Waals surface area contributed by atoms with Crippen molar-refractivity contribution in [3.63, 3.8) is 0 Å². The molecule has 2 aromatic rings. The number of ether oxygens (including phenoxy) is 1. The summed E-state index contributed by atoms with van der Waals surface area (Å²) < 4.78 is 7.93. The van der Waals surface area contributed by atoms with Gasteiger partial charge in [-0.15, -0.1) is 0 Å². The van der Waals surface area contributed by atoms with Gasteiger partial charge in [0, 0.05) is 19.3 Å². The van der Waals surface area contributed by atoms with Gasteiger partial charge in [0.05, 0.1) is 24.1 Å². The van der Waals surface area contributed by atoms with Crippen molar-refractivity contribution < 1.29 is 4.74 Å². The molecule has 6 heteroatoms. The zero-order chi connectivity index (χ0) is 15.0. The van der Waals surface area contributed by atoms with Gasteiger partial charge in [0.1, 0.15) is 0 Å². The molecular weight excluding hydrogens is 270 g/mol. The van der Waals surface area contributed by atoms with Gasteiger partial charge in [-0.25, -0.2) is 4.79 Å². The van der Waals surface area contributed by atoms with E-state index in [1.165, 1.54) is 4.57 Å². The minimum atomic E-state index is -0.300. The van der Waals surface area contributed by atoms with Crippen LogP contribution in [-0.4, -0.2) is 22.9 Å². The summed E-state index contributed by atoms with van der Waals surface area (Å²) in [4.78, 5) is 25.1. The molecule has 0 radical (unpaired) electrons. The molecule has 6 nitrogen and oxygen atoms in total. The lowest BCUT2D eigenvalue weighted by atomic mass is 10.2. The number of aromatic nitrogens is 2. The second-order valence-electron chi connectivity index (χ2n) is 5.56. The van der Waals surface area contributed by atoms with Gasteiger partial charge in [-0.1, -0.05) is 0 Å². The Hall–Kier alpha value is -2.08. The Morgan fingerprint density at radius 2 is 2.05 bits per heavy atom. The number of fused-ring (bicyclic) bond motifs is 1. The summed E-state index contributed by atoms with van der Waals surface area (Å²) in [7, 11) is 1.55. The monoisotopic (exact) mass is 289 g/mol. The Morgan fingerprint density at radius 3 is 2.71 bits per heavy atom. The van der Waals surface area contributed by atoms with Gasteiger partial charge in [0.15, 0.2) is 0 Å². The maximum absolute atomic E-state index is 12.6. The fourth-order valence-corrected chi connectivity index (χ4v) is 2.56. The van der Waals surface area contributed by atoms with E-state index >= 15 is 0 Å². The third-order valence-corrected chi connectivity index (χ3v) is 3.91. The lowest BCUT2D eigenvalue weighted by molar-refractivity contribution is 0.184. The van der Waals surface area contributed by atoms with Crippen LogP contribution in [0.4, 0.5) is 5.69 Å². The first-order valence-corrected chi connectivity index (χ1v) is 7.13. The van der Waals surface area contributed by atoms with E-state index in [-0.39, 0.29) is 17.8 Å². The highest BCUT2D eigenvalue weighted by Crippen LogP contribution is 2.30. The molecule has 21 heavy (non-hydrogen) atoms. The van der Waals surface area contributed by atoms with E-state index in [2.05, 4.69) is 0 Å². The van der Waals surface area contributed by atoms with Crippen LogP contribution in [0.5, 0.6) is 0 Å². The Bertz CT molecular complexity index is 787. The molecule has 0 saturated heterocycles. The third-order valence-electron chi connectivity index (χ3n) is 3.91. The molecule has 0 spiro atoms. The molecule has 2 N–H and O–H groups in total. The van der Waals surface area contributed by atoms with Gasteiger partial charge in [-0.05, 0) is 37.0 Å². The largest absolute Gasteiger partial charge is 0.399 e. The number of nitrogens with two attached hydrogens (primary N) is 1. The van der Waals surface area contributed by atoms with Crippen LogP contribution in [0, 0.1) is 5.92 Å². The van der Waals surface area contributed by atoms with Crippen LogP contribution in [-0.2, 0) is 17.8 Å². The predicted molar refractivity (Wildman–Crippen MR) is 81.5 cm³/mol. The van der Waals surface area contributed by atoms with Crippen molar-refractivity contribution in [2.24, 2.45) is 5.92 Å². The minimum Gasteiger partial charge on any atom is -0.399 e. The van der Waals surface area contributed by atoms with E-state index in [0.29, 0.717) is 35.7 Å². The van der Waals surface area contributed by atoms with Crippen molar-refractivity contribution in [1.82, 2.24) is 9.13 Å². The first kappa shape index (κ1) is 13.9. The van der Waals surface area contributed by atoms with Crippen LogP contribution in [0.15, 0.2) is 27.8 Å². The predicted octanol–water partition coefficient (Wildman–Crippen LogP) is 0.802. The van der Waals surface area contributed by atoms with E-state index in [4.69, 9.17) is 10.5 Å². The zero-order valence-corrected chi connectivity index (χ0v) is 12.0. The lowest BCUT2D eigenvalue weighted by Crippen LogP contribution is -2.41. The summed E-state index contributed by atoms with van der Waals surface area (Å²) in [6, 6.07) is 5.13. The van der Waals surface area contributed by atoms with Crippen molar-refractivity contribution in [1.29, 1.82) is 0 Å². The van der Waals surface area contributed by atoms with Crippen LogP contribution in [0.25, 0.3) is 10.9 Å². The summed E-state index contributed by atoms with van der Waals surface area (Å²) in [6.07, 6.45) is 2.28. The maximum atomic E-state index is 12.6. The number of hydrogen-bond donors (Lipinski definition) is 1. The van der Waals surface area contributed by atoms with E-state index in [1.807, 2.05) is 0 Å². The normalized spacial score (nSPS) is 14.7. The zero-order valence-electron chi connectivity index (χ0n) is 12.0. The number of nitrogen functional groups attached to an aromatic ring is 1. The molecule has 1 heterocycles. The molecule has 1 aromatic heterocycles. The van der Waals surface area contributed by atoms with E-state index < -0.39 is 0 Å². The second-order valence-corrected chi connectivity index (χ2v) is 5.56. The summed E-state index contributed by atoms with van der Waals surface area (Å²) >= 11 is 0. The van der Waals surface area contributed by atoms with Crippen LogP contribution >= 0.6 is 0 Å². The van der Waals surface area contributed by atoms with Crippen LogP contribution in [0.3, 0.4) is 0 Å². The standard InChI is InChI=1S/C15H19N3O3/c1-21-7-6-17-14(19)12-8-11(16)4-5-13(12)18(15(17)20)9-10-2-3-10/h4-5,8,10H,2-3,6-7,9,16H2,1H3. The van der Waals surface area contributed by atoms with Gasteiger partial charge in [-0.3, -0.25) is 13.9 Å². The van der Waals surface area contributed by atoms with E-state index in [9.17, 15) is 9.59 Å². The van der Waals surface area contributed by atoms with Crippen molar-refractivity contribution in [2.45, 2.75) is 25.9 Å². The van der Waals surface area contributed by atoms with Crippen molar-refractivity contribution in [3.05, 3.63) is 39.0 Å². The Kier molecular flexibility index (Phi) is 3.55. The molecule has 3 rings (SSSR count). The van der Waals surface area contributed by atoms with E-state index in [1.54, 1.807) is 29.9 Å². The quantitative estimate of drug-likeness (QED) is 0.826. The molecule has 112 valence electrons. The van der Waals surface area contributed by atoms with Crippen LogP contribution in [0.1, 0.15) is 12.8 Å². The smallest absolute Gasteiger partial charge is 0.331 e. The molecule has 0 bridgehead atoms. The number of methoxy groups -OCH3 is 1. The second kappa shape index (κ2) is 5.37. The van der Waals surface area contributed by atoms with Crippen molar-refractivity contribution >= 4 is 16.6 Å². The summed E-state index contributed by atoms with van der Waals surface area (Å²) in [6.45, 7) is 1.24. The molecule has 1 fully saturated rings. The van der Waals surface area contributed by atoms with Crippen molar-refractivity contribution in [3.8, 4) is 0 Å². The SMILES string of the molecule is COCCn1c(=O)c2cc(N)ccc2n(CC2CC2)c1=O. The van der Waals surface area contributed by atoms with Crippen molar-refractivity contribution in [2.75, 3.05) is 19.5 Å². The molecule has 1 aliphatic carbocycles. The van der Waals surface area contributed by atoms with Gasteiger partial charge in [-0.2, -0.15) is 0 Å². The Labute approximate surface area is 121 Å². The van der Waals surface area contributed by atoms with Gasteiger partial charge in [0.25, 0.3) is 5.56 Å². The van der Waals surface area contributed by atoms with Gasteiger partial charge in [0.2, 0.25) is 0 Å². The number of rotatable bonds is 5. The molecular formula is C15H19N3O3. The molecule has 1 aliphatic rings. The highest BCUT2D eigenvalue weighted by molar-refractivity contribution is 5.81. The van der Waals surface area contributed by atoms with Gasteiger partial charge < -0.3 is 10.5 Å². The Balaban J connectivity index is 2.25. The first-order valence-electron chi connectivity index (χ1n) is 7.13. The summed E-state index contributed by atoms with van der Waals surface area (Å²) in [5.41, 5.74) is 6.41. The van der Waals surface area contributed by atoms with Crippen LogP contribution < -0.4 is 17.0 Å². The molecule has 0 unspecified atom stereocenters. The fourth-order valence-electron chi connectivity index (χ4n) is 2.56. The maximum Gasteiger partial charge on any atom is 0.331 e. The van der Waals surface area contributed by atoms with E-state index in [0.717, 1.165) is 12.8 Å².